The molecule has 2 aliphatic rings. The first-order valence-electron chi connectivity index (χ1n) is 17.9. The lowest BCUT2D eigenvalue weighted by molar-refractivity contribution is -0.280. The molecule has 2 aliphatic carbocycles. The third-order valence-corrected chi connectivity index (χ3v) is 16.4. The molecule has 1 saturated carbocycles. The van der Waals surface area contributed by atoms with Crippen LogP contribution < -0.4 is 0 Å². The van der Waals surface area contributed by atoms with E-state index in [2.05, 4.69) is 0 Å². The maximum atomic E-state index is 15.1. The Labute approximate surface area is 302 Å². The van der Waals surface area contributed by atoms with E-state index in [0.29, 0.717) is 23.7 Å². The molecule has 3 rings (SSSR count). The SMILES string of the molecule is CC[Si](CC)(CC)OC1C[C@H](OC(C)=O)[C@@](O)(CO)C([C@H](OC(=O)c2ccccc2)[C@]2(O)C[C@H](O)C(C)=CC2(C)C)[C@]1(C)C(=O)[C@@H](C)OC(C)=O. The Kier molecular flexibility index (Phi) is 13.3. The third-order valence-electron chi connectivity index (χ3n) is 11.7. The van der Waals surface area contributed by atoms with Crippen LogP contribution in [0.4, 0.5) is 0 Å². The van der Waals surface area contributed by atoms with Crippen LogP contribution in [0.2, 0.25) is 18.1 Å². The van der Waals surface area contributed by atoms with Crippen molar-refractivity contribution in [3.8, 4) is 0 Å². The summed E-state index contributed by atoms with van der Waals surface area (Å²) in [7, 11) is -2.65. The molecule has 0 radical (unpaired) electrons. The van der Waals surface area contributed by atoms with Crippen LogP contribution in [0.5, 0.6) is 0 Å². The molecule has 0 heterocycles. The summed E-state index contributed by atoms with van der Waals surface area (Å²) < 4.78 is 24.5. The molecule has 4 N–H and O–H groups in total. The van der Waals surface area contributed by atoms with Crippen LogP contribution in [0, 0.1) is 16.7 Å². The predicted octanol–water partition coefficient (Wildman–Crippen LogP) is 4.27. The fraction of sp³-hybridized carbons (Fsp3) is 0.684. The van der Waals surface area contributed by atoms with Gasteiger partial charge in [-0.15, -0.1) is 0 Å². The molecule has 0 amide bonds. The Morgan fingerprint density at radius 2 is 1.49 bits per heavy atom. The number of hydrogen-bond donors (Lipinski definition) is 4. The van der Waals surface area contributed by atoms with E-state index in [1.54, 1.807) is 45.0 Å². The number of ether oxygens (including phenoxy) is 3. The number of benzene rings is 1. The summed E-state index contributed by atoms with van der Waals surface area (Å²) in [5, 5.41) is 48.3. The number of aliphatic hydroxyl groups is 4. The van der Waals surface area contributed by atoms with Gasteiger partial charge in [0.15, 0.2) is 20.2 Å². The number of Topliss-reactive ketones (excluding diaryl/α,β-unsaturated/α-hetero) is 1. The van der Waals surface area contributed by atoms with Crippen molar-refractivity contribution in [2.24, 2.45) is 16.7 Å². The monoisotopic (exact) mass is 734 g/mol. The highest BCUT2D eigenvalue weighted by Crippen LogP contribution is 2.58. The second kappa shape index (κ2) is 16.0. The molecular formula is C38H58O12Si. The van der Waals surface area contributed by atoms with Gasteiger partial charge in [0.05, 0.1) is 29.8 Å². The Bertz CT molecular complexity index is 1450. The van der Waals surface area contributed by atoms with E-state index in [0.717, 1.165) is 13.8 Å². The zero-order valence-electron chi connectivity index (χ0n) is 31.7. The maximum Gasteiger partial charge on any atom is 0.338 e. The Balaban J connectivity index is 2.54. The standard InChI is InChI=1S/C38H58O12Si/c1-11-51(12-2,13-3)50-29-19-30(48-26(7)41)37(45,22-39)31(36(29,10)32(43)24(5)47-25(6)40)33(49-34(44)27-17-15-14-16-18-27)38(46)21-28(42)23(4)20-35(38,8)9/h14-18,20,24,28-31,33,39,42,45-46H,11-13,19,21-22H2,1-10H3/t24-,28+,29?,30+,31?,33+,36-,37+,38-/m1/s1. The lowest BCUT2D eigenvalue weighted by atomic mass is 9.49. The molecule has 13 heteroatoms. The average Bonchev–Trinajstić information content (AvgIpc) is 3.07. The van der Waals surface area contributed by atoms with Crippen LogP contribution in [0.15, 0.2) is 42.0 Å². The van der Waals surface area contributed by atoms with Crippen molar-refractivity contribution in [2.75, 3.05) is 6.61 Å². The molecule has 0 spiro atoms. The molecule has 286 valence electrons. The van der Waals surface area contributed by atoms with E-state index in [1.165, 1.54) is 26.0 Å². The van der Waals surface area contributed by atoms with Gasteiger partial charge in [0, 0.05) is 38.0 Å². The highest BCUT2D eigenvalue weighted by molar-refractivity contribution is 6.73. The minimum absolute atomic E-state index is 0.0929. The van der Waals surface area contributed by atoms with Crippen LogP contribution in [0.3, 0.4) is 0 Å². The third kappa shape index (κ3) is 8.03. The average molecular weight is 735 g/mol. The van der Waals surface area contributed by atoms with Crippen molar-refractivity contribution in [3.63, 3.8) is 0 Å². The van der Waals surface area contributed by atoms with Gasteiger partial charge in [-0.1, -0.05) is 58.9 Å². The summed E-state index contributed by atoms with van der Waals surface area (Å²) in [5.41, 5.74) is -7.38. The minimum Gasteiger partial charge on any atom is -0.459 e. The van der Waals surface area contributed by atoms with Crippen LogP contribution in [0.1, 0.15) is 92.4 Å². The van der Waals surface area contributed by atoms with Crippen molar-refractivity contribution in [1.82, 2.24) is 0 Å². The summed E-state index contributed by atoms with van der Waals surface area (Å²) in [6, 6.07) is 9.86. The van der Waals surface area contributed by atoms with Crippen molar-refractivity contribution in [1.29, 1.82) is 0 Å². The van der Waals surface area contributed by atoms with Gasteiger partial charge >= 0.3 is 17.9 Å². The molecule has 9 atom stereocenters. The lowest BCUT2D eigenvalue weighted by Crippen LogP contribution is -2.76. The van der Waals surface area contributed by atoms with Crippen molar-refractivity contribution in [2.45, 2.75) is 142 Å². The number of rotatable bonds is 14. The van der Waals surface area contributed by atoms with E-state index in [1.807, 2.05) is 20.8 Å². The van der Waals surface area contributed by atoms with Crippen LogP contribution in [-0.4, -0.2) is 101 Å². The number of aliphatic hydroxyl groups excluding tert-OH is 2. The van der Waals surface area contributed by atoms with Crippen LogP contribution >= 0.6 is 0 Å². The molecule has 1 aromatic rings. The Morgan fingerprint density at radius 3 is 1.98 bits per heavy atom. The van der Waals surface area contributed by atoms with Crippen molar-refractivity contribution < 1.29 is 58.2 Å². The minimum atomic E-state index is -2.65. The maximum absolute atomic E-state index is 15.1. The molecule has 1 aromatic carbocycles. The van der Waals surface area contributed by atoms with Gasteiger partial charge in [0.2, 0.25) is 0 Å². The van der Waals surface area contributed by atoms with Gasteiger partial charge in [-0.3, -0.25) is 14.4 Å². The zero-order valence-corrected chi connectivity index (χ0v) is 32.7. The number of hydrogen-bond acceptors (Lipinski definition) is 12. The van der Waals surface area contributed by atoms with E-state index in [-0.39, 0.29) is 12.0 Å². The normalized spacial score (nSPS) is 31.8. The van der Waals surface area contributed by atoms with Gasteiger partial charge < -0.3 is 39.1 Å². The topological polar surface area (TPSA) is 186 Å². The molecule has 51 heavy (non-hydrogen) atoms. The number of ketones is 1. The summed E-state index contributed by atoms with van der Waals surface area (Å²) in [4.78, 5) is 54.0. The summed E-state index contributed by atoms with van der Waals surface area (Å²) in [5.74, 6) is -4.95. The molecule has 0 bridgehead atoms. The zero-order chi connectivity index (χ0) is 38.7. The summed E-state index contributed by atoms with van der Waals surface area (Å²) in [6.07, 6.45) is -6.14. The first-order chi connectivity index (χ1) is 23.6. The van der Waals surface area contributed by atoms with Crippen LogP contribution in [0.25, 0.3) is 0 Å². The fourth-order valence-electron chi connectivity index (χ4n) is 8.41. The van der Waals surface area contributed by atoms with Gasteiger partial charge in [0.1, 0.15) is 23.4 Å². The first kappa shape index (κ1) is 42.5. The molecular weight excluding hydrogens is 676 g/mol. The highest BCUT2D eigenvalue weighted by Gasteiger charge is 2.72. The van der Waals surface area contributed by atoms with E-state index in [9.17, 15) is 34.8 Å². The van der Waals surface area contributed by atoms with E-state index in [4.69, 9.17) is 18.6 Å². The Morgan fingerprint density at radius 1 is 0.922 bits per heavy atom. The van der Waals surface area contributed by atoms with Crippen molar-refractivity contribution in [3.05, 3.63) is 47.5 Å². The van der Waals surface area contributed by atoms with E-state index >= 15 is 4.79 Å². The largest absolute Gasteiger partial charge is 0.459 e. The van der Waals surface area contributed by atoms with Crippen molar-refractivity contribution >= 4 is 32.0 Å². The molecule has 0 aromatic heterocycles. The molecule has 0 saturated heterocycles. The molecule has 12 nitrogen and oxygen atoms in total. The smallest absolute Gasteiger partial charge is 0.338 e. The quantitative estimate of drug-likeness (QED) is 0.0922. The second-order valence-electron chi connectivity index (χ2n) is 15.2. The van der Waals surface area contributed by atoms with Crippen LogP contribution in [-0.2, 0) is 33.0 Å². The molecule has 2 unspecified atom stereocenters. The van der Waals surface area contributed by atoms with Gasteiger partial charge in [0.25, 0.3) is 0 Å². The second-order valence-corrected chi connectivity index (χ2v) is 19.9. The molecule has 0 aliphatic heterocycles. The van der Waals surface area contributed by atoms with Gasteiger partial charge in [-0.25, -0.2) is 4.79 Å². The van der Waals surface area contributed by atoms with E-state index < -0.39 is 104 Å². The Hall–Kier alpha value is -2.94. The van der Waals surface area contributed by atoms with Gasteiger partial charge in [-0.05, 0) is 56.6 Å². The molecule has 1 fully saturated rings. The lowest BCUT2D eigenvalue weighted by Gasteiger charge is -2.62. The highest BCUT2D eigenvalue weighted by atomic mass is 28.4. The van der Waals surface area contributed by atoms with Gasteiger partial charge in [-0.2, -0.15) is 0 Å². The first-order valence-corrected chi connectivity index (χ1v) is 20.4. The summed E-state index contributed by atoms with van der Waals surface area (Å²) >= 11 is 0. The predicted molar refractivity (Wildman–Crippen MR) is 191 cm³/mol. The number of carbonyl (C=O) groups excluding carboxylic acids is 4. The fourth-order valence-corrected chi connectivity index (χ4v) is 11.4. The number of esters is 3. The number of carbonyl (C=O) groups is 4. The summed E-state index contributed by atoms with van der Waals surface area (Å²) in [6.45, 7) is 15.1.